The number of methoxy groups -OCH3 is 1. The molecule has 150 valence electrons. The number of hydrogen-bond acceptors (Lipinski definition) is 4. The van der Waals surface area contributed by atoms with Crippen molar-refractivity contribution in [2.24, 2.45) is 11.8 Å². The van der Waals surface area contributed by atoms with Gasteiger partial charge in [0.05, 0.1) is 13.5 Å². The second-order valence-corrected chi connectivity index (χ2v) is 7.49. The second-order valence-electron chi connectivity index (χ2n) is 7.49. The van der Waals surface area contributed by atoms with Crippen LogP contribution in [0, 0.1) is 11.8 Å². The third-order valence-electron chi connectivity index (χ3n) is 5.35. The summed E-state index contributed by atoms with van der Waals surface area (Å²) in [7, 11) is 1.40. The van der Waals surface area contributed by atoms with Gasteiger partial charge in [-0.05, 0) is 62.0 Å². The average molecular weight is 367 g/mol. The fourth-order valence-corrected chi connectivity index (χ4v) is 3.70. The van der Waals surface area contributed by atoms with E-state index in [1.54, 1.807) is 0 Å². The Morgan fingerprint density at radius 3 is 2.62 bits per heavy atom. The number of allylic oxidation sites excluding steroid dienone is 2. The van der Waals surface area contributed by atoms with Crippen LogP contribution in [0.15, 0.2) is 23.8 Å². The van der Waals surface area contributed by atoms with E-state index in [0.717, 1.165) is 44.1 Å². The number of carbonyl (C=O) groups excluding carboxylic acids is 1. The van der Waals surface area contributed by atoms with Crippen molar-refractivity contribution in [3.05, 3.63) is 23.8 Å². The zero-order valence-corrected chi connectivity index (χ0v) is 17.5. The molecule has 0 N–H and O–H groups in total. The van der Waals surface area contributed by atoms with Gasteiger partial charge in [0.2, 0.25) is 0 Å². The molecule has 1 aliphatic heterocycles. The monoisotopic (exact) mass is 366 g/mol. The number of ether oxygens (including phenoxy) is 1. The van der Waals surface area contributed by atoms with E-state index < -0.39 is 5.60 Å². The lowest BCUT2D eigenvalue weighted by atomic mass is 9.81. The summed E-state index contributed by atoms with van der Waals surface area (Å²) in [6.45, 7) is 10.9. The third kappa shape index (κ3) is 6.88. The fourth-order valence-electron chi connectivity index (χ4n) is 3.70. The quantitative estimate of drug-likeness (QED) is 0.264. The topological polar surface area (TPSA) is 44.8 Å². The Hall–Kier alpha value is -1.13. The van der Waals surface area contributed by atoms with E-state index in [4.69, 9.17) is 14.5 Å². The summed E-state index contributed by atoms with van der Waals surface area (Å²) in [6, 6.07) is 0. The molecule has 0 aromatic heterocycles. The maximum absolute atomic E-state index is 11.6. The van der Waals surface area contributed by atoms with Gasteiger partial charge in [-0.15, -0.1) is 0 Å². The summed E-state index contributed by atoms with van der Waals surface area (Å²) in [5.41, 5.74) is 0.734. The van der Waals surface area contributed by atoms with Crippen LogP contribution in [-0.4, -0.2) is 24.8 Å². The minimum Gasteiger partial charge on any atom is -0.469 e. The van der Waals surface area contributed by atoms with Crippen LogP contribution in [0.5, 0.6) is 0 Å². The molecular formula is C22H38O4. The maximum Gasteiger partial charge on any atom is 0.308 e. The zero-order chi connectivity index (χ0) is 19.6. The van der Waals surface area contributed by atoms with Crippen molar-refractivity contribution < 1.29 is 19.3 Å². The molecule has 0 bridgehead atoms. The van der Waals surface area contributed by atoms with Crippen LogP contribution in [-0.2, 0) is 19.3 Å². The molecule has 0 radical (unpaired) electrons. The van der Waals surface area contributed by atoms with E-state index in [9.17, 15) is 4.79 Å². The molecule has 4 atom stereocenters. The summed E-state index contributed by atoms with van der Waals surface area (Å²) < 4.78 is 4.77. The molecular weight excluding hydrogens is 328 g/mol. The molecule has 0 spiro atoms. The van der Waals surface area contributed by atoms with Crippen LogP contribution in [0.2, 0.25) is 0 Å². The first-order chi connectivity index (χ1) is 12.4. The largest absolute Gasteiger partial charge is 0.469 e. The van der Waals surface area contributed by atoms with Crippen LogP contribution in [0.3, 0.4) is 0 Å². The Morgan fingerprint density at radius 1 is 1.35 bits per heavy atom. The third-order valence-corrected chi connectivity index (χ3v) is 5.35. The molecule has 0 saturated carbocycles. The predicted molar refractivity (Wildman–Crippen MR) is 106 cm³/mol. The van der Waals surface area contributed by atoms with Crippen molar-refractivity contribution in [2.45, 2.75) is 91.3 Å². The van der Waals surface area contributed by atoms with Gasteiger partial charge in [-0.25, -0.2) is 9.78 Å². The lowest BCUT2D eigenvalue weighted by Gasteiger charge is -2.38. The number of hydrogen-bond donors (Lipinski definition) is 0. The normalized spacial score (nSPS) is 25.8. The van der Waals surface area contributed by atoms with Crippen molar-refractivity contribution in [3.63, 3.8) is 0 Å². The van der Waals surface area contributed by atoms with Gasteiger partial charge < -0.3 is 4.74 Å². The van der Waals surface area contributed by atoms with E-state index in [0.29, 0.717) is 11.8 Å². The molecule has 0 aliphatic carbocycles. The molecule has 4 heteroatoms. The molecule has 0 aromatic rings. The molecule has 0 saturated heterocycles. The smallest absolute Gasteiger partial charge is 0.308 e. The highest BCUT2D eigenvalue weighted by atomic mass is 17.2. The van der Waals surface area contributed by atoms with Crippen molar-refractivity contribution in [1.82, 2.24) is 0 Å². The summed E-state index contributed by atoms with van der Waals surface area (Å²) in [5, 5.41) is 0. The first kappa shape index (κ1) is 22.9. The minimum absolute atomic E-state index is 0.200. The summed E-state index contributed by atoms with van der Waals surface area (Å²) in [6.07, 6.45) is 12.7. The van der Waals surface area contributed by atoms with Crippen molar-refractivity contribution >= 4 is 5.97 Å². The molecule has 0 amide bonds. The van der Waals surface area contributed by atoms with E-state index >= 15 is 0 Å². The van der Waals surface area contributed by atoms with Gasteiger partial charge in [-0.2, -0.15) is 0 Å². The number of esters is 1. The van der Waals surface area contributed by atoms with E-state index in [2.05, 4.69) is 52.8 Å². The average Bonchev–Trinajstić information content (AvgIpc) is 2.66. The lowest BCUT2D eigenvalue weighted by molar-refractivity contribution is -0.378. The highest BCUT2D eigenvalue weighted by Crippen LogP contribution is 2.37. The second kappa shape index (κ2) is 11.6. The molecule has 26 heavy (non-hydrogen) atoms. The zero-order valence-electron chi connectivity index (χ0n) is 17.5. The van der Waals surface area contributed by atoms with Crippen molar-refractivity contribution in [1.29, 1.82) is 0 Å². The number of rotatable bonds is 11. The summed E-state index contributed by atoms with van der Waals surface area (Å²) >= 11 is 0. The van der Waals surface area contributed by atoms with E-state index in [1.807, 2.05) is 0 Å². The highest BCUT2D eigenvalue weighted by Gasteiger charge is 2.38. The van der Waals surface area contributed by atoms with Gasteiger partial charge in [0.25, 0.3) is 0 Å². The Balaban J connectivity index is 2.82. The molecule has 1 rings (SSSR count). The van der Waals surface area contributed by atoms with Crippen LogP contribution in [0.25, 0.3) is 0 Å². The fraction of sp³-hybridized carbons (Fsp3) is 0.773. The number of carbonyl (C=O) groups is 1. The molecule has 4 nitrogen and oxygen atoms in total. The Kier molecular flexibility index (Phi) is 10.2. The van der Waals surface area contributed by atoms with Crippen LogP contribution in [0.1, 0.15) is 79.6 Å². The van der Waals surface area contributed by atoms with Crippen LogP contribution < -0.4 is 0 Å². The van der Waals surface area contributed by atoms with Crippen molar-refractivity contribution in [2.75, 3.05) is 7.11 Å². The van der Waals surface area contributed by atoms with Gasteiger partial charge in [-0.3, -0.25) is 4.79 Å². The standard InChI is InChI=1S/C22H38O4/c1-7-11-12-18(8-2)13-17(5)15-22(10-4)16-19(9-3)20(25-26-22)14-21(23)24-6/h11-12,16-18,20H,7-10,13-15H2,1-6H3/b12-11+/t17-,18+,20+,22-/m1/s1. The van der Waals surface area contributed by atoms with E-state index in [-0.39, 0.29) is 18.5 Å². The first-order valence-electron chi connectivity index (χ1n) is 10.2. The van der Waals surface area contributed by atoms with Crippen molar-refractivity contribution in [3.8, 4) is 0 Å². The Labute approximate surface area is 159 Å². The minimum atomic E-state index is -0.399. The van der Waals surface area contributed by atoms with E-state index in [1.165, 1.54) is 7.11 Å². The van der Waals surface area contributed by atoms with Gasteiger partial charge in [0.1, 0.15) is 11.7 Å². The molecule has 1 aliphatic rings. The Bertz CT molecular complexity index is 483. The molecule has 1 heterocycles. The van der Waals surface area contributed by atoms with Crippen LogP contribution in [0.4, 0.5) is 0 Å². The predicted octanol–water partition coefficient (Wildman–Crippen LogP) is 5.77. The van der Waals surface area contributed by atoms with Gasteiger partial charge >= 0.3 is 5.97 Å². The lowest BCUT2D eigenvalue weighted by Crippen LogP contribution is -2.40. The molecule has 0 unspecified atom stereocenters. The van der Waals surface area contributed by atoms with Gasteiger partial charge in [-0.1, -0.05) is 46.8 Å². The molecule has 0 fully saturated rings. The SMILES string of the molecule is CC/C=C/[C@H](CC)C[C@@H](C)C[C@]1(CC)C=C(CC)[C@H](CC(=O)OC)OO1. The maximum atomic E-state index is 11.6. The summed E-state index contributed by atoms with van der Waals surface area (Å²) in [4.78, 5) is 23.1. The van der Waals surface area contributed by atoms with Gasteiger partial charge in [0, 0.05) is 0 Å². The highest BCUT2D eigenvalue weighted by molar-refractivity contribution is 5.70. The van der Waals surface area contributed by atoms with Gasteiger partial charge in [0.15, 0.2) is 0 Å². The molecule has 0 aromatic carbocycles. The summed E-state index contributed by atoms with van der Waals surface area (Å²) in [5.74, 6) is 0.866. The Morgan fingerprint density at radius 2 is 2.08 bits per heavy atom. The first-order valence-corrected chi connectivity index (χ1v) is 10.2. The van der Waals surface area contributed by atoms with Crippen LogP contribution >= 0.6 is 0 Å².